The summed E-state index contributed by atoms with van der Waals surface area (Å²) in [5, 5.41) is 3.60. The number of hydrogen-bond acceptors (Lipinski definition) is 8. The zero-order chi connectivity index (χ0) is 29.2. The number of benzene rings is 1. The molecule has 4 aliphatic rings. The number of fused-ring (bicyclic) bond motifs is 3. The lowest BCUT2D eigenvalue weighted by molar-refractivity contribution is -0.139. The number of aromatic nitrogens is 5. The summed E-state index contributed by atoms with van der Waals surface area (Å²) in [6.45, 7) is 6.09. The molecular weight excluding hydrogens is 552 g/mol. The number of carbonyl (C=O) groups excluding carboxylic acids is 1. The minimum Gasteiger partial charge on any atom is -0.324 e. The third-order valence-electron chi connectivity index (χ3n) is 8.67. The second kappa shape index (κ2) is 9.70. The molecule has 1 aromatic carbocycles. The molecule has 11 nitrogen and oxygen atoms in total. The SMILES string of the molecule is C=CCn1c(=O)c2cnc(Nc3ccc([C@H]4C[C@@]45C(=O)C4CCN5CC4)cc3)nc2n1-c1cccc(N[SH](C)(C)=O)n1. The second-order valence-corrected chi connectivity index (χ2v) is 14.7. The van der Waals surface area contributed by atoms with Gasteiger partial charge < -0.3 is 10.0 Å². The van der Waals surface area contributed by atoms with Crippen LogP contribution in [0.25, 0.3) is 16.9 Å². The fourth-order valence-corrected chi connectivity index (χ4v) is 7.41. The normalized spacial score (nSPS) is 25.1. The molecule has 1 aliphatic carbocycles. The molecule has 6 heterocycles. The third-order valence-corrected chi connectivity index (χ3v) is 9.44. The van der Waals surface area contributed by atoms with Crippen molar-refractivity contribution in [2.24, 2.45) is 5.92 Å². The van der Waals surface area contributed by atoms with Gasteiger partial charge in [0, 0.05) is 36.2 Å². The Hall–Kier alpha value is -4.16. The number of carbonyl (C=O) groups is 1. The lowest BCUT2D eigenvalue weighted by atomic mass is 9.79. The van der Waals surface area contributed by atoms with Gasteiger partial charge in [-0.05, 0) is 72.3 Å². The molecule has 2 atom stereocenters. The van der Waals surface area contributed by atoms with Gasteiger partial charge in [-0.25, -0.2) is 19.3 Å². The fraction of sp³-hybridized carbons (Fsp3) is 0.367. The predicted octanol–water partition coefficient (Wildman–Crippen LogP) is 3.03. The molecule has 3 saturated heterocycles. The summed E-state index contributed by atoms with van der Waals surface area (Å²) in [6.07, 6.45) is 9.30. The molecule has 0 unspecified atom stereocenters. The largest absolute Gasteiger partial charge is 0.324 e. The Kier molecular flexibility index (Phi) is 6.17. The summed E-state index contributed by atoms with van der Waals surface area (Å²) in [5.41, 5.74) is 1.82. The Balaban J connectivity index is 1.18. The van der Waals surface area contributed by atoms with Crippen LogP contribution in [0.15, 0.2) is 66.1 Å². The van der Waals surface area contributed by atoms with Crippen molar-refractivity contribution in [3.05, 3.63) is 77.2 Å². The van der Waals surface area contributed by atoms with E-state index >= 15 is 0 Å². The smallest absolute Gasteiger partial charge is 0.278 e. The van der Waals surface area contributed by atoms with E-state index in [0.29, 0.717) is 34.4 Å². The number of thiol groups is 1. The Morgan fingerprint density at radius 3 is 2.55 bits per heavy atom. The van der Waals surface area contributed by atoms with Crippen LogP contribution in [0.4, 0.5) is 17.5 Å². The number of nitrogens with one attached hydrogen (secondary N) is 2. The van der Waals surface area contributed by atoms with Crippen LogP contribution in [0.1, 0.15) is 30.7 Å². The van der Waals surface area contributed by atoms with Crippen molar-refractivity contribution >= 4 is 44.4 Å². The first-order valence-corrected chi connectivity index (χ1v) is 16.8. The van der Waals surface area contributed by atoms with Gasteiger partial charge in [0.05, 0.1) is 12.1 Å². The molecule has 3 aromatic heterocycles. The van der Waals surface area contributed by atoms with E-state index in [4.69, 9.17) is 4.98 Å². The average Bonchev–Trinajstić information content (AvgIpc) is 3.64. The predicted molar refractivity (Wildman–Crippen MR) is 165 cm³/mol. The van der Waals surface area contributed by atoms with Gasteiger partial charge in [0.1, 0.15) is 11.2 Å². The highest BCUT2D eigenvalue weighted by atomic mass is 32.3. The Morgan fingerprint density at radius 2 is 1.86 bits per heavy atom. The molecule has 4 aromatic rings. The minimum atomic E-state index is -2.60. The van der Waals surface area contributed by atoms with Crippen LogP contribution < -0.4 is 15.6 Å². The van der Waals surface area contributed by atoms with Crippen LogP contribution in [-0.4, -0.2) is 70.3 Å². The number of rotatable bonds is 8. The molecule has 42 heavy (non-hydrogen) atoms. The van der Waals surface area contributed by atoms with Crippen molar-refractivity contribution in [3.63, 3.8) is 0 Å². The summed E-state index contributed by atoms with van der Waals surface area (Å²) >= 11 is 0. The molecule has 1 saturated carbocycles. The van der Waals surface area contributed by atoms with Gasteiger partial charge in [-0.3, -0.25) is 18.7 Å². The van der Waals surface area contributed by atoms with Gasteiger partial charge in [-0.2, -0.15) is 4.98 Å². The van der Waals surface area contributed by atoms with Crippen molar-refractivity contribution in [1.82, 2.24) is 29.2 Å². The van der Waals surface area contributed by atoms with Crippen molar-refractivity contribution in [2.75, 3.05) is 35.6 Å². The number of Topliss-reactive ketones (excluding diaryl/α,β-unsaturated/α-hetero) is 1. The second-order valence-electron chi connectivity index (χ2n) is 11.8. The molecule has 4 fully saturated rings. The number of ketones is 1. The molecule has 0 amide bonds. The van der Waals surface area contributed by atoms with Crippen LogP contribution in [0.3, 0.4) is 0 Å². The van der Waals surface area contributed by atoms with E-state index in [-0.39, 0.29) is 29.5 Å². The minimum absolute atomic E-state index is 0.237. The van der Waals surface area contributed by atoms with Crippen LogP contribution in [0.2, 0.25) is 0 Å². The first kappa shape index (κ1) is 26.7. The van der Waals surface area contributed by atoms with Gasteiger partial charge >= 0.3 is 0 Å². The van der Waals surface area contributed by atoms with E-state index in [1.807, 2.05) is 12.1 Å². The lowest BCUT2D eigenvalue weighted by Crippen LogP contribution is -2.58. The maximum atomic E-state index is 13.3. The lowest BCUT2D eigenvalue weighted by Gasteiger charge is -2.45. The maximum absolute atomic E-state index is 13.3. The highest BCUT2D eigenvalue weighted by molar-refractivity contribution is 8.02. The van der Waals surface area contributed by atoms with E-state index in [2.05, 4.69) is 43.6 Å². The van der Waals surface area contributed by atoms with Crippen molar-refractivity contribution in [1.29, 1.82) is 0 Å². The van der Waals surface area contributed by atoms with E-state index in [9.17, 15) is 13.8 Å². The highest BCUT2D eigenvalue weighted by Gasteiger charge is 2.67. The van der Waals surface area contributed by atoms with Crippen molar-refractivity contribution in [3.8, 4) is 5.82 Å². The first-order chi connectivity index (χ1) is 20.2. The number of allylic oxidation sites excluding steroid dienone is 1. The number of nitrogens with zero attached hydrogens (tertiary/aromatic N) is 6. The van der Waals surface area contributed by atoms with Crippen LogP contribution in [0, 0.1) is 5.92 Å². The summed E-state index contributed by atoms with van der Waals surface area (Å²) in [6, 6.07) is 13.4. The Bertz CT molecular complexity index is 1830. The summed E-state index contributed by atoms with van der Waals surface area (Å²) in [4.78, 5) is 42.6. The van der Waals surface area contributed by atoms with Gasteiger partial charge in [0.25, 0.3) is 5.56 Å². The van der Waals surface area contributed by atoms with Crippen LogP contribution in [0.5, 0.6) is 0 Å². The zero-order valence-electron chi connectivity index (χ0n) is 23.7. The van der Waals surface area contributed by atoms with Gasteiger partial charge in [-0.1, -0.05) is 24.3 Å². The molecule has 3 aliphatic heterocycles. The Morgan fingerprint density at radius 1 is 1.10 bits per heavy atom. The number of hydrogen-bond donors (Lipinski definition) is 3. The van der Waals surface area contributed by atoms with E-state index in [1.165, 1.54) is 16.4 Å². The number of anilines is 3. The number of piperidine rings is 3. The van der Waals surface area contributed by atoms with E-state index < -0.39 is 10.1 Å². The van der Waals surface area contributed by atoms with E-state index in [0.717, 1.165) is 38.0 Å². The molecule has 8 rings (SSSR count). The summed E-state index contributed by atoms with van der Waals surface area (Å²) in [7, 11) is -2.60. The molecule has 12 heteroatoms. The van der Waals surface area contributed by atoms with Crippen LogP contribution >= 0.6 is 0 Å². The van der Waals surface area contributed by atoms with Gasteiger partial charge in [0.2, 0.25) is 5.95 Å². The van der Waals surface area contributed by atoms with Crippen molar-refractivity contribution in [2.45, 2.75) is 37.3 Å². The number of pyridine rings is 1. The monoisotopic (exact) mass is 586 g/mol. The van der Waals surface area contributed by atoms with Gasteiger partial charge in [-0.15, -0.1) is 6.58 Å². The molecule has 218 valence electrons. The first-order valence-electron chi connectivity index (χ1n) is 14.2. The van der Waals surface area contributed by atoms with E-state index in [1.54, 1.807) is 41.5 Å². The zero-order valence-corrected chi connectivity index (χ0v) is 24.6. The maximum Gasteiger partial charge on any atom is 0.278 e. The van der Waals surface area contributed by atoms with Crippen LogP contribution in [-0.2, 0) is 21.5 Å². The molecule has 2 N–H and O–H groups in total. The molecule has 1 spiro atoms. The molecular formula is C30H34N8O3S. The Labute approximate surface area is 244 Å². The molecule has 0 radical (unpaired) electrons. The quantitative estimate of drug-likeness (QED) is 0.213. The topological polar surface area (TPSA) is 127 Å². The van der Waals surface area contributed by atoms with Gasteiger partial charge in [0.15, 0.2) is 17.2 Å². The summed E-state index contributed by atoms with van der Waals surface area (Å²) in [5.74, 6) is 2.13. The average molecular weight is 587 g/mol. The highest BCUT2D eigenvalue weighted by Crippen LogP contribution is 2.61. The summed E-state index contributed by atoms with van der Waals surface area (Å²) < 4.78 is 18.4. The molecule has 2 bridgehead atoms. The van der Waals surface area contributed by atoms with Crippen molar-refractivity contribution < 1.29 is 9.00 Å². The third kappa shape index (κ3) is 4.36. The standard InChI is InChI=1S/C30H34N8O3S/c1-4-14-37-28(40)22-18-31-29(34-27(22)38(37)25-7-5-6-24(33-25)35-42(2,3)41)32-21-10-8-19(9-11-21)23-17-30(23)26(39)20-12-15-36(30)16-13-20/h4-11,18,20,23,42H,1,12-17H2,2-3H3,(H,31,32,34)(H,33,35,41)/t23-,30+/m1/s1. The fourth-order valence-electron chi connectivity index (χ4n) is 6.73.